The number of aliphatic hydroxyl groups is 1. The van der Waals surface area contributed by atoms with Crippen molar-refractivity contribution in [2.24, 2.45) is 0 Å². The molecule has 5 heteroatoms. The first-order valence-electron chi connectivity index (χ1n) is 6.41. The molecule has 4 radical (unpaired) electrons. The summed E-state index contributed by atoms with van der Waals surface area (Å²) < 4.78 is 11.5. The first kappa shape index (κ1) is 16.6. The van der Waals surface area contributed by atoms with Gasteiger partial charge >= 0.3 is 0 Å². The molecule has 104 valence electrons. The van der Waals surface area contributed by atoms with Crippen LogP contribution in [0.5, 0.6) is 0 Å². The Bertz CT molecular complexity index is 377. The fourth-order valence-electron chi connectivity index (χ4n) is 1.93. The second-order valence-corrected chi connectivity index (χ2v) is 6.16. The van der Waals surface area contributed by atoms with Crippen molar-refractivity contribution in [2.75, 3.05) is 6.61 Å². The smallest absolute Gasteiger partial charge is 0.229 e. The molecule has 1 aromatic rings. The molecule has 3 nitrogen and oxygen atoms in total. The zero-order valence-corrected chi connectivity index (χ0v) is 14.1. The molecule has 1 N–H and O–H groups in total. The topological polar surface area (TPSA) is 38.7 Å². The van der Waals surface area contributed by atoms with Gasteiger partial charge in [0.25, 0.3) is 0 Å². The predicted molar refractivity (Wildman–Crippen MR) is 79.5 cm³/mol. The summed E-state index contributed by atoms with van der Waals surface area (Å²) in [6, 6.07) is 8.29. The van der Waals surface area contributed by atoms with E-state index in [0.29, 0.717) is 25.9 Å². The average Bonchev–Trinajstić information content (AvgIpc) is 2.39. The van der Waals surface area contributed by atoms with Gasteiger partial charge in [0.2, 0.25) is 19.5 Å². The van der Waals surface area contributed by atoms with Crippen LogP contribution < -0.4 is 0 Å². The molecule has 1 aromatic carbocycles. The van der Waals surface area contributed by atoms with Crippen LogP contribution in [0.1, 0.15) is 25.0 Å². The molecule has 0 aromatic heterocycles. The summed E-state index contributed by atoms with van der Waals surface area (Å²) in [7, 11) is 0.807. The first-order chi connectivity index (χ1) is 9.06. The maximum absolute atomic E-state index is 9.04. The van der Waals surface area contributed by atoms with E-state index in [1.54, 1.807) is 0 Å². The average molecular weight is 294 g/mol. The highest BCUT2D eigenvalue weighted by Crippen LogP contribution is 2.30. The third kappa shape index (κ3) is 4.54. The Morgan fingerprint density at radius 2 is 1.84 bits per heavy atom. The van der Waals surface area contributed by atoms with Gasteiger partial charge in [-0.3, -0.25) is 0 Å². The zero-order valence-electron chi connectivity index (χ0n) is 12.1. The van der Waals surface area contributed by atoms with Gasteiger partial charge in [-0.15, -0.1) is 0 Å². The van der Waals surface area contributed by atoms with Gasteiger partial charge in [-0.2, -0.15) is 0 Å². The van der Waals surface area contributed by atoms with Crippen molar-refractivity contribution in [3.8, 4) is 0 Å². The van der Waals surface area contributed by atoms with E-state index < -0.39 is 0 Å². The lowest BCUT2D eigenvalue weighted by molar-refractivity contribution is -0.0433. The third-order valence-electron chi connectivity index (χ3n) is 3.11. The van der Waals surface area contributed by atoms with Gasteiger partial charge in [0.1, 0.15) is 6.29 Å². The van der Waals surface area contributed by atoms with Crippen LogP contribution in [-0.4, -0.2) is 37.5 Å². The molecule has 0 saturated carbocycles. The van der Waals surface area contributed by atoms with Gasteiger partial charge in [0.05, 0.1) is 0 Å². The van der Waals surface area contributed by atoms with Gasteiger partial charge in [0, 0.05) is 12.0 Å². The minimum absolute atomic E-state index is 0.174. The van der Waals surface area contributed by atoms with E-state index in [1.165, 1.54) is 5.56 Å². The lowest BCUT2D eigenvalue weighted by atomic mass is 9.83. The standard InChI is InChI=1S/C14H22O3Si2/c1-14(2,13(16-18-3)17-19-4)12-7-5-6-11(10-12)8-9-15/h5-7,10,13,15H,8-9H2,1-4H3. The van der Waals surface area contributed by atoms with Crippen LogP contribution in [0.3, 0.4) is 0 Å². The van der Waals surface area contributed by atoms with Crippen LogP contribution in [0.25, 0.3) is 0 Å². The molecule has 0 fully saturated rings. The van der Waals surface area contributed by atoms with Crippen molar-refractivity contribution in [3.05, 3.63) is 35.4 Å². The van der Waals surface area contributed by atoms with Gasteiger partial charge in [-0.1, -0.05) is 38.1 Å². The molecule has 0 atom stereocenters. The van der Waals surface area contributed by atoms with Crippen LogP contribution >= 0.6 is 0 Å². The molecular formula is C14H22O3Si2. The largest absolute Gasteiger partial charge is 0.396 e. The zero-order chi connectivity index (χ0) is 14.3. The van der Waals surface area contributed by atoms with Gasteiger partial charge in [-0.25, -0.2) is 0 Å². The predicted octanol–water partition coefficient (Wildman–Crippen LogP) is 2.19. The van der Waals surface area contributed by atoms with Crippen LogP contribution in [0.2, 0.25) is 13.1 Å². The van der Waals surface area contributed by atoms with E-state index in [4.69, 9.17) is 14.0 Å². The molecule has 0 unspecified atom stereocenters. The molecule has 19 heavy (non-hydrogen) atoms. The van der Waals surface area contributed by atoms with E-state index >= 15 is 0 Å². The van der Waals surface area contributed by atoms with E-state index in [2.05, 4.69) is 26.0 Å². The molecule has 0 heterocycles. The summed E-state index contributed by atoms with van der Waals surface area (Å²) >= 11 is 0. The molecule has 1 rings (SSSR count). The summed E-state index contributed by atoms with van der Waals surface area (Å²) in [5.41, 5.74) is 2.11. The van der Waals surface area contributed by atoms with Crippen LogP contribution in [0.15, 0.2) is 24.3 Å². The quantitative estimate of drug-likeness (QED) is 0.590. The summed E-state index contributed by atoms with van der Waals surface area (Å²) in [4.78, 5) is 0. The Labute approximate surface area is 121 Å². The Balaban J connectivity index is 2.98. The van der Waals surface area contributed by atoms with Crippen molar-refractivity contribution >= 4 is 19.5 Å². The van der Waals surface area contributed by atoms with Gasteiger partial charge in [0.15, 0.2) is 0 Å². The SMILES string of the molecule is C[Si]OC(O[Si]C)C(C)(C)c1cccc(CCO)c1. The molecule has 0 aliphatic carbocycles. The highest BCUT2D eigenvalue weighted by molar-refractivity contribution is 6.26. The maximum atomic E-state index is 9.04. The molecule has 0 aliphatic rings. The number of aliphatic hydroxyl groups excluding tert-OH is 1. The molecular weight excluding hydrogens is 272 g/mol. The minimum Gasteiger partial charge on any atom is -0.396 e. The monoisotopic (exact) mass is 294 g/mol. The van der Waals surface area contributed by atoms with E-state index in [9.17, 15) is 0 Å². The highest BCUT2D eigenvalue weighted by Gasteiger charge is 2.32. The first-order valence-corrected chi connectivity index (χ1v) is 9.23. The fraction of sp³-hybridized carbons (Fsp3) is 0.571. The molecule has 0 amide bonds. The van der Waals surface area contributed by atoms with Gasteiger partial charge in [-0.05, 0) is 30.6 Å². The van der Waals surface area contributed by atoms with Crippen LogP contribution in [0.4, 0.5) is 0 Å². The second-order valence-electron chi connectivity index (χ2n) is 4.87. The summed E-state index contributed by atoms with van der Waals surface area (Å²) in [5, 5.41) is 9.04. The third-order valence-corrected chi connectivity index (χ3v) is 4.01. The number of benzene rings is 1. The number of rotatable bonds is 8. The van der Waals surface area contributed by atoms with Crippen LogP contribution in [-0.2, 0) is 20.7 Å². The lowest BCUT2D eigenvalue weighted by Crippen LogP contribution is -2.39. The van der Waals surface area contributed by atoms with E-state index in [-0.39, 0.29) is 18.3 Å². The molecule has 0 spiro atoms. The van der Waals surface area contributed by atoms with E-state index in [1.807, 2.05) is 25.2 Å². The maximum Gasteiger partial charge on any atom is 0.229 e. The summed E-state index contributed by atoms with van der Waals surface area (Å²) in [6.07, 6.45) is 0.449. The molecule has 0 aliphatic heterocycles. The van der Waals surface area contributed by atoms with Crippen molar-refractivity contribution < 1.29 is 14.0 Å². The highest BCUT2D eigenvalue weighted by atomic mass is 28.2. The van der Waals surface area contributed by atoms with Crippen molar-refractivity contribution in [3.63, 3.8) is 0 Å². The molecule has 0 bridgehead atoms. The summed E-state index contributed by atoms with van der Waals surface area (Å²) in [5.74, 6) is 0. The molecule has 0 saturated heterocycles. The Hall–Kier alpha value is -0.466. The second kappa shape index (κ2) is 7.96. The normalized spacial score (nSPS) is 12.1. The van der Waals surface area contributed by atoms with Gasteiger partial charge < -0.3 is 14.0 Å². The lowest BCUT2D eigenvalue weighted by Gasteiger charge is -2.34. The van der Waals surface area contributed by atoms with Crippen molar-refractivity contribution in [1.29, 1.82) is 0 Å². The minimum atomic E-state index is -0.233. The van der Waals surface area contributed by atoms with Crippen molar-refractivity contribution in [2.45, 2.75) is 45.1 Å². The van der Waals surface area contributed by atoms with Crippen LogP contribution in [0, 0.1) is 0 Å². The summed E-state index contributed by atoms with van der Waals surface area (Å²) in [6.45, 7) is 8.46. The number of hydrogen-bond acceptors (Lipinski definition) is 3. The van der Waals surface area contributed by atoms with E-state index in [0.717, 1.165) is 5.56 Å². The Morgan fingerprint density at radius 3 is 2.37 bits per heavy atom. The fourth-order valence-corrected chi connectivity index (χ4v) is 3.14. The Morgan fingerprint density at radius 1 is 1.21 bits per heavy atom. The Kier molecular flexibility index (Phi) is 6.95. The number of hydrogen-bond donors (Lipinski definition) is 1. The van der Waals surface area contributed by atoms with Crippen molar-refractivity contribution in [1.82, 2.24) is 0 Å².